The molecule has 1 saturated heterocycles. The molecular formula is C48H47O4Si4. The Bertz CT molecular complexity index is 2040. The lowest BCUT2D eigenvalue weighted by molar-refractivity contribution is 0.259. The summed E-state index contributed by atoms with van der Waals surface area (Å²) in [7, 11) is -15.0. The summed E-state index contributed by atoms with van der Waals surface area (Å²) in [6.45, 7) is 4.18. The predicted molar refractivity (Wildman–Crippen MR) is 239 cm³/mol. The Balaban J connectivity index is 1.54. The van der Waals surface area contributed by atoms with Crippen LogP contribution in [-0.2, 0) is 16.5 Å². The maximum absolute atomic E-state index is 8.43. The molecule has 1 heterocycles. The summed E-state index contributed by atoms with van der Waals surface area (Å²) >= 11 is 0. The Labute approximate surface area is 336 Å². The lowest BCUT2D eigenvalue weighted by Crippen LogP contribution is -2.86. The third kappa shape index (κ3) is 7.43. The van der Waals surface area contributed by atoms with Gasteiger partial charge in [-0.2, -0.15) is 0 Å². The molecule has 0 saturated carbocycles. The first-order valence-corrected chi connectivity index (χ1v) is 27.1. The Hall–Kier alpha value is -4.75. The minimum atomic E-state index is -3.84. The fraction of sp³-hybridized carbons (Fsp3) is 0.104. The summed E-state index contributed by atoms with van der Waals surface area (Å²) in [5, 5.41) is 7.12. The fourth-order valence-electron chi connectivity index (χ4n) is 7.87. The molecule has 0 N–H and O–H groups in total. The van der Waals surface area contributed by atoms with E-state index in [4.69, 9.17) is 16.5 Å². The largest absolute Gasteiger partial charge is 0.405 e. The smallest absolute Gasteiger partial charge is 0.390 e. The maximum atomic E-state index is 8.43. The Morgan fingerprint density at radius 3 is 0.804 bits per heavy atom. The van der Waals surface area contributed by atoms with Gasteiger partial charge < -0.3 is 16.5 Å². The minimum absolute atomic E-state index is 0.720. The summed E-state index contributed by atoms with van der Waals surface area (Å²) in [6.07, 6.45) is 3.85. The van der Waals surface area contributed by atoms with E-state index in [0.717, 1.165) is 68.0 Å². The summed E-state index contributed by atoms with van der Waals surface area (Å²) in [6, 6.07) is 75.1. The van der Waals surface area contributed by atoms with Crippen molar-refractivity contribution in [2.45, 2.75) is 31.7 Å². The van der Waals surface area contributed by atoms with Crippen LogP contribution in [0.3, 0.4) is 0 Å². The summed E-state index contributed by atoms with van der Waals surface area (Å²) in [5.74, 6) is 0. The highest BCUT2D eigenvalue weighted by molar-refractivity contribution is 7.14. The van der Waals surface area contributed by atoms with Crippen molar-refractivity contribution in [2.24, 2.45) is 0 Å². The van der Waals surface area contributed by atoms with E-state index < -0.39 is 34.2 Å². The molecule has 0 unspecified atom stereocenters. The molecule has 1 radical (unpaired) electrons. The van der Waals surface area contributed by atoms with Crippen molar-refractivity contribution in [1.29, 1.82) is 0 Å². The van der Waals surface area contributed by atoms with Crippen molar-refractivity contribution in [1.82, 2.24) is 0 Å². The van der Waals surface area contributed by atoms with Crippen LogP contribution in [0.25, 0.3) is 0 Å². The van der Waals surface area contributed by atoms with Crippen LogP contribution in [0.15, 0.2) is 212 Å². The van der Waals surface area contributed by atoms with Crippen LogP contribution in [0.4, 0.5) is 0 Å². The topological polar surface area (TPSA) is 36.9 Å². The number of hydrogen-bond acceptors (Lipinski definition) is 4. The first-order chi connectivity index (χ1) is 27.6. The molecular weight excluding hydrogens is 753 g/mol. The molecule has 7 aromatic carbocycles. The van der Waals surface area contributed by atoms with E-state index >= 15 is 0 Å². The van der Waals surface area contributed by atoms with Crippen molar-refractivity contribution >= 4 is 70.6 Å². The van der Waals surface area contributed by atoms with Gasteiger partial charge in [0.25, 0.3) is 0 Å². The number of hydrogen-bond donors (Lipinski definition) is 0. The standard InChI is InChI=1S/C48H47O4Si4/c1-2-3-4-26-41-53(42-27-12-5-13-28-42)49-54(43-29-14-6-15-30-43,44-31-16-7-17-32-44)51-56(47-37-22-10-23-38-47,48-39-24-11-25-40-48)52-55(50-53,45-33-18-8-19-34-45)46-35-20-9-21-36-46/h5-25,27-40H,1-4,26,41H2. The van der Waals surface area contributed by atoms with Crippen LogP contribution < -0.4 is 36.3 Å². The van der Waals surface area contributed by atoms with Crippen LogP contribution >= 0.6 is 0 Å². The Kier molecular flexibility index (Phi) is 11.7. The van der Waals surface area contributed by atoms with Gasteiger partial charge in [-0.1, -0.05) is 245 Å². The number of unbranched alkanes of at least 4 members (excludes halogenated alkanes) is 3. The molecule has 0 spiro atoms. The summed E-state index contributed by atoms with van der Waals surface area (Å²) in [4.78, 5) is 0. The van der Waals surface area contributed by atoms with Gasteiger partial charge in [-0.3, -0.25) is 0 Å². The van der Waals surface area contributed by atoms with E-state index in [9.17, 15) is 0 Å². The lowest BCUT2D eigenvalue weighted by Gasteiger charge is -2.53. The van der Waals surface area contributed by atoms with Crippen LogP contribution in [0.2, 0.25) is 6.04 Å². The first-order valence-electron chi connectivity index (χ1n) is 19.6. The van der Waals surface area contributed by atoms with E-state index in [2.05, 4.69) is 219 Å². The molecule has 56 heavy (non-hydrogen) atoms. The van der Waals surface area contributed by atoms with E-state index in [-0.39, 0.29) is 0 Å². The zero-order valence-corrected chi connectivity index (χ0v) is 35.6. The summed E-state index contributed by atoms with van der Waals surface area (Å²) < 4.78 is 33.7. The van der Waals surface area contributed by atoms with E-state index in [0.29, 0.717) is 0 Å². The molecule has 0 aliphatic carbocycles. The fourth-order valence-corrected chi connectivity index (χ4v) is 30.9. The van der Waals surface area contributed by atoms with Gasteiger partial charge in [-0.15, -0.1) is 0 Å². The highest BCUT2D eigenvalue weighted by Gasteiger charge is 2.67. The van der Waals surface area contributed by atoms with Gasteiger partial charge >= 0.3 is 34.2 Å². The number of rotatable bonds is 12. The van der Waals surface area contributed by atoms with Crippen LogP contribution in [0.5, 0.6) is 0 Å². The zero-order valence-electron chi connectivity index (χ0n) is 31.6. The average molecular weight is 800 g/mol. The molecule has 0 aromatic heterocycles. The molecule has 0 bridgehead atoms. The van der Waals surface area contributed by atoms with Crippen molar-refractivity contribution in [3.05, 3.63) is 219 Å². The van der Waals surface area contributed by atoms with Crippen LogP contribution in [0, 0.1) is 6.92 Å². The molecule has 1 aliphatic rings. The molecule has 8 rings (SSSR count). The predicted octanol–water partition coefficient (Wildman–Crippen LogP) is 6.58. The van der Waals surface area contributed by atoms with Gasteiger partial charge in [0.15, 0.2) is 0 Å². The quantitative estimate of drug-likeness (QED) is 0.104. The monoisotopic (exact) mass is 799 g/mol. The molecule has 8 heteroatoms. The molecule has 279 valence electrons. The second-order valence-corrected chi connectivity index (χ2v) is 27.3. The van der Waals surface area contributed by atoms with Crippen molar-refractivity contribution < 1.29 is 16.5 Å². The van der Waals surface area contributed by atoms with Gasteiger partial charge in [0.2, 0.25) is 0 Å². The van der Waals surface area contributed by atoms with E-state index in [1.54, 1.807) is 0 Å². The van der Waals surface area contributed by atoms with Crippen molar-refractivity contribution in [2.75, 3.05) is 0 Å². The van der Waals surface area contributed by atoms with E-state index in [1.807, 2.05) is 0 Å². The maximum Gasteiger partial charge on any atom is 0.390 e. The normalized spacial score (nSPS) is 16.9. The summed E-state index contributed by atoms with van der Waals surface area (Å²) in [5.41, 5.74) is 0. The molecule has 4 nitrogen and oxygen atoms in total. The van der Waals surface area contributed by atoms with Crippen molar-refractivity contribution in [3.8, 4) is 0 Å². The molecule has 7 aromatic rings. The SMILES string of the molecule is [CH2]CCCCC[Si]1(c2ccccc2)O[Si](c2ccccc2)(c2ccccc2)O[Si](c2ccccc2)(c2ccccc2)O[Si](c2ccccc2)(c2ccccc2)O1. The first kappa shape index (κ1) is 38.1. The van der Waals surface area contributed by atoms with Gasteiger partial charge in [0.1, 0.15) is 0 Å². The van der Waals surface area contributed by atoms with Crippen LogP contribution in [0.1, 0.15) is 25.7 Å². The molecule has 1 fully saturated rings. The highest BCUT2D eigenvalue weighted by atomic mass is 28.5. The van der Waals surface area contributed by atoms with Gasteiger partial charge in [-0.05, 0) is 42.4 Å². The zero-order chi connectivity index (χ0) is 38.2. The van der Waals surface area contributed by atoms with Crippen LogP contribution in [-0.4, -0.2) is 34.2 Å². The van der Waals surface area contributed by atoms with Gasteiger partial charge in [-0.25, -0.2) is 0 Å². The Morgan fingerprint density at radius 2 is 0.536 bits per heavy atom. The second-order valence-electron chi connectivity index (χ2n) is 14.2. The molecule has 0 amide bonds. The minimum Gasteiger partial charge on any atom is -0.405 e. The molecule has 1 aliphatic heterocycles. The lowest BCUT2D eigenvalue weighted by atomic mass is 10.2. The third-order valence-corrected chi connectivity index (χ3v) is 28.9. The highest BCUT2D eigenvalue weighted by Crippen LogP contribution is 2.35. The molecule has 0 atom stereocenters. The third-order valence-electron chi connectivity index (χ3n) is 10.6. The van der Waals surface area contributed by atoms with Gasteiger partial charge in [0, 0.05) is 0 Å². The number of benzene rings is 7. The Morgan fingerprint density at radius 1 is 0.286 bits per heavy atom. The average Bonchev–Trinajstić information content (AvgIpc) is 3.28. The van der Waals surface area contributed by atoms with E-state index in [1.165, 1.54) is 0 Å². The van der Waals surface area contributed by atoms with Gasteiger partial charge in [0.05, 0.1) is 0 Å². The van der Waals surface area contributed by atoms with Crippen molar-refractivity contribution in [3.63, 3.8) is 0 Å². The second kappa shape index (κ2) is 17.2.